The normalized spacial score (nSPS) is 20.9. The molecule has 0 radical (unpaired) electrons. The molecule has 88 valence electrons. The van der Waals surface area contributed by atoms with E-state index in [1.165, 1.54) is 19.3 Å². The maximum atomic E-state index is 11.8. The van der Waals surface area contributed by atoms with Gasteiger partial charge in [-0.2, -0.15) is 0 Å². The van der Waals surface area contributed by atoms with Crippen LogP contribution in [0.4, 0.5) is 0 Å². The first-order valence-corrected chi connectivity index (χ1v) is 6.65. The Morgan fingerprint density at radius 1 is 1.40 bits per heavy atom. The van der Waals surface area contributed by atoms with Crippen LogP contribution in [-0.2, 0) is 4.79 Å². The molecule has 3 heteroatoms. The van der Waals surface area contributed by atoms with Crippen LogP contribution in [0.3, 0.4) is 0 Å². The number of hydrogen-bond acceptors (Lipinski definition) is 1. The SMILES string of the molecule is CCCCCCC(=O)N1CCC(CCl)C1. The molecule has 0 bridgehead atoms. The smallest absolute Gasteiger partial charge is 0.222 e. The minimum atomic E-state index is 0.332. The van der Waals surface area contributed by atoms with E-state index >= 15 is 0 Å². The number of halogens is 1. The van der Waals surface area contributed by atoms with Crippen LogP contribution in [0.2, 0.25) is 0 Å². The molecular formula is C12H22ClNO. The molecule has 0 saturated carbocycles. The molecule has 0 aromatic heterocycles. The fraction of sp³-hybridized carbons (Fsp3) is 0.917. The van der Waals surface area contributed by atoms with E-state index in [0.29, 0.717) is 17.7 Å². The summed E-state index contributed by atoms with van der Waals surface area (Å²) in [4.78, 5) is 13.7. The summed E-state index contributed by atoms with van der Waals surface area (Å²) in [7, 11) is 0. The van der Waals surface area contributed by atoms with E-state index in [1.807, 2.05) is 4.90 Å². The van der Waals surface area contributed by atoms with E-state index in [9.17, 15) is 4.79 Å². The molecule has 1 aliphatic rings. The summed E-state index contributed by atoms with van der Waals surface area (Å²) in [6.07, 6.45) is 6.53. The molecular weight excluding hydrogens is 210 g/mol. The van der Waals surface area contributed by atoms with Crippen LogP contribution in [0, 0.1) is 5.92 Å². The zero-order chi connectivity index (χ0) is 11.1. The largest absolute Gasteiger partial charge is 0.342 e. The summed E-state index contributed by atoms with van der Waals surface area (Å²) in [5, 5.41) is 0. The highest BCUT2D eigenvalue weighted by molar-refractivity contribution is 6.18. The molecule has 2 nitrogen and oxygen atoms in total. The van der Waals surface area contributed by atoms with Gasteiger partial charge >= 0.3 is 0 Å². The Kier molecular flexibility index (Phi) is 6.07. The first-order valence-electron chi connectivity index (χ1n) is 6.11. The number of carbonyl (C=O) groups excluding carboxylic acids is 1. The number of nitrogens with zero attached hydrogens (tertiary/aromatic N) is 1. The van der Waals surface area contributed by atoms with Gasteiger partial charge < -0.3 is 4.90 Å². The topological polar surface area (TPSA) is 20.3 Å². The van der Waals surface area contributed by atoms with Gasteiger partial charge in [-0.15, -0.1) is 11.6 Å². The molecule has 1 amide bonds. The molecule has 1 fully saturated rings. The summed E-state index contributed by atoms with van der Waals surface area (Å²) in [5.41, 5.74) is 0. The van der Waals surface area contributed by atoms with Crippen molar-refractivity contribution in [1.29, 1.82) is 0 Å². The lowest BCUT2D eigenvalue weighted by atomic mass is 10.1. The zero-order valence-electron chi connectivity index (χ0n) is 9.67. The molecule has 1 rings (SSSR count). The molecule has 1 saturated heterocycles. The standard InChI is InChI=1S/C12H22ClNO/c1-2-3-4-5-6-12(15)14-8-7-11(9-13)10-14/h11H,2-10H2,1H3. The van der Waals surface area contributed by atoms with Crippen LogP contribution < -0.4 is 0 Å². The van der Waals surface area contributed by atoms with Gasteiger partial charge in [-0.1, -0.05) is 26.2 Å². The quantitative estimate of drug-likeness (QED) is 0.508. The fourth-order valence-electron chi connectivity index (χ4n) is 2.05. The minimum absolute atomic E-state index is 0.332. The molecule has 1 heterocycles. The van der Waals surface area contributed by atoms with Gasteiger partial charge in [-0.05, 0) is 18.8 Å². The molecule has 0 spiro atoms. The van der Waals surface area contributed by atoms with Crippen molar-refractivity contribution in [1.82, 2.24) is 4.90 Å². The Morgan fingerprint density at radius 2 is 2.20 bits per heavy atom. The van der Waals surface area contributed by atoms with Gasteiger partial charge in [0.1, 0.15) is 0 Å². The van der Waals surface area contributed by atoms with Crippen molar-refractivity contribution in [2.75, 3.05) is 19.0 Å². The monoisotopic (exact) mass is 231 g/mol. The Morgan fingerprint density at radius 3 is 2.80 bits per heavy atom. The van der Waals surface area contributed by atoms with Crippen LogP contribution in [0.5, 0.6) is 0 Å². The fourth-order valence-corrected chi connectivity index (χ4v) is 2.30. The van der Waals surface area contributed by atoms with Crippen LogP contribution in [0.1, 0.15) is 45.4 Å². The molecule has 0 aromatic rings. The van der Waals surface area contributed by atoms with Gasteiger partial charge in [0, 0.05) is 25.4 Å². The van der Waals surface area contributed by atoms with E-state index in [1.54, 1.807) is 0 Å². The van der Waals surface area contributed by atoms with Crippen LogP contribution >= 0.6 is 11.6 Å². The lowest BCUT2D eigenvalue weighted by Gasteiger charge is -2.15. The van der Waals surface area contributed by atoms with Gasteiger partial charge in [-0.25, -0.2) is 0 Å². The maximum Gasteiger partial charge on any atom is 0.222 e. The summed E-state index contributed by atoms with van der Waals surface area (Å²) in [5.74, 6) is 1.56. The Labute approximate surface area is 98.0 Å². The Balaban J connectivity index is 2.12. The van der Waals surface area contributed by atoms with Crippen molar-refractivity contribution < 1.29 is 4.79 Å². The summed E-state index contributed by atoms with van der Waals surface area (Å²) < 4.78 is 0. The first kappa shape index (κ1) is 12.8. The third-order valence-electron chi connectivity index (χ3n) is 3.10. The second kappa shape index (κ2) is 7.10. The third kappa shape index (κ3) is 4.42. The Bertz CT molecular complexity index is 196. The highest BCUT2D eigenvalue weighted by atomic mass is 35.5. The van der Waals surface area contributed by atoms with Crippen LogP contribution in [-0.4, -0.2) is 29.8 Å². The van der Waals surface area contributed by atoms with Crippen LogP contribution in [0.25, 0.3) is 0 Å². The summed E-state index contributed by atoms with van der Waals surface area (Å²) in [6, 6.07) is 0. The Hall–Kier alpha value is -0.240. The number of hydrogen-bond donors (Lipinski definition) is 0. The summed E-state index contributed by atoms with van der Waals surface area (Å²) >= 11 is 5.79. The number of likely N-dealkylation sites (tertiary alicyclic amines) is 1. The number of rotatable bonds is 6. The predicted molar refractivity (Wildman–Crippen MR) is 64.2 cm³/mol. The minimum Gasteiger partial charge on any atom is -0.342 e. The second-order valence-electron chi connectivity index (χ2n) is 4.46. The predicted octanol–water partition coefficient (Wildman–Crippen LogP) is 3.04. The number of alkyl halides is 1. The number of carbonyl (C=O) groups is 1. The van der Waals surface area contributed by atoms with Crippen LogP contribution in [0.15, 0.2) is 0 Å². The van der Waals surface area contributed by atoms with Gasteiger partial charge in [0.2, 0.25) is 5.91 Å². The van der Waals surface area contributed by atoms with Crippen molar-refractivity contribution in [3.63, 3.8) is 0 Å². The van der Waals surface area contributed by atoms with Gasteiger partial charge in [0.25, 0.3) is 0 Å². The lowest BCUT2D eigenvalue weighted by molar-refractivity contribution is -0.130. The van der Waals surface area contributed by atoms with Crippen molar-refractivity contribution in [2.45, 2.75) is 45.4 Å². The van der Waals surface area contributed by atoms with E-state index in [-0.39, 0.29) is 0 Å². The van der Waals surface area contributed by atoms with Gasteiger partial charge in [-0.3, -0.25) is 4.79 Å². The molecule has 15 heavy (non-hydrogen) atoms. The number of amides is 1. The maximum absolute atomic E-state index is 11.8. The molecule has 1 aliphatic heterocycles. The van der Waals surface area contributed by atoms with Gasteiger partial charge in [0.15, 0.2) is 0 Å². The van der Waals surface area contributed by atoms with E-state index in [0.717, 1.165) is 32.4 Å². The summed E-state index contributed by atoms with van der Waals surface area (Å²) in [6.45, 7) is 3.99. The van der Waals surface area contributed by atoms with Crippen molar-refractivity contribution in [2.24, 2.45) is 5.92 Å². The molecule has 0 aromatic carbocycles. The molecule has 1 atom stereocenters. The average molecular weight is 232 g/mol. The molecule has 0 N–H and O–H groups in total. The number of unbranched alkanes of at least 4 members (excludes halogenated alkanes) is 3. The van der Waals surface area contributed by atoms with Crippen molar-refractivity contribution >= 4 is 17.5 Å². The molecule has 0 aliphatic carbocycles. The second-order valence-corrected chi connectivity index (χ2v) is 4.77. The van der Waals surface area contributed by atoms with Crippen molar-refractivity contribution in [3.05, 3.63) is 0 Å². The van der Waals surface area contributed by atoms with Crippen molar-refractivity contribution in [3.8, 4) is 0 Å². The molecule has 1 unspecified atom stereocenters. The third-order valence-corrected chi connectivity index (χ3v) is 3.54. The van der Waals surface area contributed by atoms with E-state index in [4.69, 9.17) is 11.6 Å². The van der Waals surface area contributed by atoms with E-state index < -0.39 is 0 Å². The van der Waals surface area contributed by atoms with E-state index in [2.05, 4.69) is 6.92 Å². The average Bonchev–Trinajstić information content (AvgIpc) is 2.72. The highest BCUT2D eigenvalue weighted by Gasteiger charge is 2.24. The first-order chi connectivity index (χ1) is 7.27. The zero-order valence-corrected chi connectivity index (χ0v) is 10.4. The lowest BCUT2D eigenvalue weighted by Crippen LogP contribution is -2.28. The van der Waals surface area contributed by atoms with Gasteiger partial charge in [0.05, 0.1) is 0 Å². The highest BCUT2D eigenvalue weighted by Crippen LogP contribution is 2.18.